The monoisotopic (exact) mass is 303 g/mol. The molecule has 0 aromatic heterocycles. The van der Waals surface area contributed by atoms with Crippen molar-refractivity contribution in [2.24, 2.45) is 0 Å². The van der Waals surface area contributed by atoms with Crippen LogP contribution in [0.3, 0.4) is 0 Å². The second-order valence-electron chi connectivity index (χ2n) is 4.22. The van der Waals surface area contributed by atoms with Crippen molar-refractivity contribution in [1.29, 1.82) is 0 Å². The van der Waals surface area contributed by atoms with Crippen molar-refractivity contribution in [2.75, 3.05) is 25.6 Å². The van der Waals surface area contributed by atoms with Crippen LogP contribution in [0, 0.1) is 0 Å². The summed E-state index contributed by atoms with van der Waals surface area (Å²) in [6.45, 7) is 0. The number of halogens is 1. The first-order valence-electron chi connectivity index (χ1n) is 5.41. The smallest absolute Gasteiger partial charge is 0.237 e. The molecule has 104 valence electrons. The van der Waals surface area contributed by atoms with Gasteiger partial charge >= 0.3 is 0 Å². The number of hydrogen-bond acceptors (Lipinski definition) is 4. The van der Waals surface area contributed by atoms with Crippen molar-refractivity contribution < 1.29 is 18.0 Å². The van der Waals surface area contributed by atoms with Crippen molar-refractivity contribution in [3.05, 3.63) is 34.9 Å². The first-order chi connectivity index (χ1) is 8.73. The van der Waals surface area contributed by atoms with Crippen LogP contribution < -0.4 is 0 Å². The second kappa shape index (κ2) is 6.16. The lowest BCUT2D eigenvalue weighted by molar-refractivity contribution is -0.125. The largest absolute Gasteiger partial charge is 0.348 e. The molecule has 1 amide bonds. The second-order valence-corrected chi connectivity index (χ2v) is 6.70. The van der Waals surface area contributed by atoms with Gasteiger partial charge in [-0.1, -0.05) is 23.7 Å². The molecule has 0 atom stereocenters. The molecule has 1 aromatic carbocycles. The van der Waals surface area contributed by atoms with E-state index in [1.54, 1.807) is 12.1 Å². The van der Waals surface area contributed by atoms with Gasteiger partial charge in [-0.25, -0.2) is 8.42 Å². The maximum absolute atomic E-state index is 11.8. The molecule has 7 heteroatoms. The van der Waals surface area contributed by atoms with Gasteiger partial charge in [-0.3, -0.25) is 9.59 Å². The molecule has 19 heavy (non-hydrogen) atoms. The van der Waals surface area contributed by atoms with Gasteiger partial charge in [-0.2, -0.15) is 0 Å². The fourth-order valence-corrected chi connectivity index (χ4v) is 2.87. The average Bonchev–Trinajstić information content (AvgIpc) is 2.27. The van der Waals surface area contributed by atoms with E-state index in [9.17, 15) is 18.0 Å². The van der Waals surface area contributed by atoms with Crippen LogP contribution in [0.4, 0.5) is 0 Å². The number of sulfone groups is 1. The molecule has 1 rings (SSSR count). The predicted molar refractivity (Wildman–Crippen MR) is 73.1 cm³/mol. The summed E-state index contributed by atoms with van der Waals surface area (Å²) in [5, 5.41) is 0.196. The molecule has 0 saturated heterocycles. The maximum Gasteiger partial charge on any atom is 0.237 e. The molecule has 0 saturated carbocycles. The van der Waals surface area contributed by atoms with E-state index >= 15 is 0 Å². The minimum Gasteiger partial charge on any atom is -0.348 e. The number of carbonyl (C=O) groups is 2. The Morgan fingerprint density at radius 1 is 1.16 bits per heavy atom. The third kappa shape index (κ3) is 4.65. The van der Waals surface area contributed by atoms with Crippen molar-refractivity contribution in [3.63, 3.8) is 0 Å². The minimum atomic E-state index is -3.79. The Kier molecular flexibility index (Phi) is 5.08. The Hall–Kier alpha value is -1.40. The lowest BCUT2D eigenvalue weighted by Crippen LogP contribution is -2.32. The van der Waals surface area contributed by atoms with Crippen molar-refractivity contribution in [2.45, 2.75) is 0 Å². The van der Waals surface area contributed by atoms with E-state index in [0.717, 1.165) is 4.90 Å². The number of nitrogens with zero attached hydrogens (tertiary/aromatic N) is 1. The van der Waals surface area contributed by atoms with E-state index < -0.39 is 33.0 Å². The molecule has 0 spiro atoms. The standard InChI is InChI=1S/C12H14ClNO4S/c1-14(2)12(16)8-19(17,18)7-11(15)9-5-3-4-6-10(9)13/h3-6H,7-8H2,1-2H3. The Morgan fingerprint density at radius 3 is 2.26 bits per heavy atom. The Morgan fingerprint density at radius 2 is 1.74 bits per heavy atom. The van der Waals surface area contributed by atoms with Gasteiger partial charge in [0, 0.05) is 19.7 Å². The van der Waals surface area contributed by atoms with Gasteiger partial charge in [-0.15, -0.1) is 0 Å². The quantitative estimate of drug-likeness (QED) is 0.762. The molecule has 0 aliphatic rings. The van der Waals surface area contributed by atoms with Crippen LogP contribution in [-0.2, 0) is 14.6 Å². The number of hydrogen-bond donors (Lipinski definition) is 0. The third-order valence-corrected chi connectivity index (χ3v) is 4.09. The summed E-state index contributed by atoms with van der Waals surface area (Å²) in [5.41, 5.74) is 0.144. The van der Waals surface area contributed by atoms with E-state index in [1.165, 1.54) is 26.2 Å². The molecule has 0 aliphatic heterocycles. The number of carbonyl (C=O) groups excluding carboxylic acids is 2. The highest BCUT2D eigenvalue weighted by Crippen LogP contribution is 2.16. The molecule has 1 aromatic rings. The van der Waals surface area contributed by atoms with Crippen LogP contribution in [0.5, 0.6) is 0 Å². The SMILES string of the molecule is CN(C)C(=O)CS(=O)(=O)CC(=O)c1ccccc1Cl. The molecule has 0 heterocycles. The molecular formula is C12H14ClNO4S. The van der Waals surface area contributed by atoms with Crippen LogP contribution >= 0.6 is 11.6 Å². The zero-order valence-corrected chi connectivity index (χ0v) is 12.2. The fraction of sp³-hybridized carbons (Fsp3) is 0.333. The fourth-order valence-electron chi connectivity index (χ4n) is 1.33. The number of Topliss-reactive ketones (excluding diaryl/α,β-unsaturated/α-hetero) is 1. The summed E-state index contributed by atoms with van der Waals surface area (Å²) in [7, 11) is -0.885. The zero-order chi connectivity index (χ0) is 14.6. The number of benzene rings is 1. The summed E-state index contributed by atoms with van der Waals surface area (Å²) in [6.07, 6.45) is 0. The van der Waals surface area contributed by atoms with Gasteiger partial charge in [-0.05, 0) is 12.1 Å². The van der Waals surface area contributed by atoms with Crippen LogP contribution in [0.1, 0.15) is 10.4 Å². The van der Waals surface area contributed by atoms with Crippen LogP contribution in [0.25, 0.3) is 0 Å². The van der Waals surface area contributed by atoms with Crippen LogP contribution in [0.15, 0.2) is 24.3 Å². The van der Waals surface area contributed by atoms with Gasteiger partial charge in [0.2, 0.25) is 5.91 Å². The summed E-state index contributed by atoms with van der Waals surface area (Å²) in [4.78, 5) is 24.4. The molecule has 0 N–H and O–H groups in total. The van der Waals surface area contributed by atoms with Gasteiger partial charge < -0.3 is 4.90 Å². The Labute approximate surface area is 117 Å². The molecule has 5 nitrogen and oxygen atoms in total. The maximum atomic E-state index is 11.8. The highest BCUT2D eigenvalue weighted by molar-refractivity contribution is 7.92. The molecule has 0 bridgehead atoms. The minimum absolute atomic E-state index is 0.144. The summed E-state index contributed by atoms with van der Waals surface area (Å²) < 4.78 is 23.5. The van der Waals surface area contributed by atoms with E-state index in [-0.39, 0.29) is 10.6 Å². The normalized spacial score (nSPS) is 11.1. The topological polar surface area (TPSA) is 71.5 Å². The molecule has 0 radical (unpaired) electrons. The van der Waals surface area contributed by atoms with Crippen molar-refractivity contribution in [1.82, 2.24) is 4.90 Å². The van der Waals surface area contributed by atoms with Gasteiger partial charge in [0.1, 0.15) is 11.5 Å². The summed E-state index contributed by atoms with van der Waals surface area (Å²) in [5.74, 6) is -2.59. The third-order valence-electron chi connectivity index (χ3n) is 2.37. The van der Waals surface area contributed by atoms with E-state index in [1.807, 2.05) is 0 Å². The lowest BCUT2D eigenvalue weighted by atomic mass is 10.1. The van der Waals surface area contributed by atoms with Crippen molar-refractivity contribution in [3.8, 4) is 0 Å². The average molecular weight is 304 g/mol. The summed E-state index contributed by atoms with van der Waals surface area (Å²) >= 11 is 5.81. The molecule has 0 unspecified atom stereocenters. The molecule has 0 fully saturated rings. The zero-order valence-electron chi connectivity index (χ0n) is 10.6. The van der Waals surface area contributed by atoms with Crippen molar-refractivity contribution >= 4 is 33.1 Å². The van der Waals surface area contributed by atoms with E-state index in [0.29, 0.717) is 0 Å². The predicted octanol–water partition coefficient (Wildman–Crippen LogP) is 1.03. The molecular weight excluding hydrogens is 290 g/mol. The first kappa shape index (κ1) is 15.7. The Balaban J connectivity index is 2.82. The number of rotatable bonds is 5. The summed E-state index contributed by atoms with van der Waals surface area (Å²) in [6, 6.07) is 6.19. The van der Waals surface area contributed by atoms with Crippen LogP contribution in [-0.4, -0.2) is 50.6 Å². The number of ketones is 1. The first-order valence-corrected chi connectivity index (χ1v) is 7.61. The van der Waals surface area contributed by atoms with Crippen LogP contribution in [0.2, 0.25) is 5.02 Å². The van der Waals surface area contributed by atoms with Gasteiger partial charge in [0.05, 0.1) is 5.02 Å². The van der Waals surface area contributed by atoms with E-state index in [2.05, 4.69) is 0 Å². The van der Waals surface area contributed by atoms with E-state index in [4.69, 9.17) is 11.6 Å². The van der Waals surface area contributed by atoms with Gasteiger partial charge in [0.15, 0.2) is 15.6 Å². The number of amides is 1. The Bertz CT molecular complexity index is 596. The lowest BCUT2D eigenvalue weighted by Gasteiger charge is -2.10. The highest BCUT2D eigenvalue weighted by atomic mass is 35.5. The molecule has 0 aliphatic carbocycles. The van der Waals surface area contributed by atoms with Gasteiger partial charge in [0.25, 0.3) is 0 Å². The highest BCUT2D eigenvalue weighted by Gasteiger charge is 2.23.